The van der Waals surface area contributed by atoms with Gasteiger partial charge in [-0.1, -0.05) is 34.1 Å². The Morgan fingerprint density at radius 3 is 2.56 bits per heavy atom. The minimum Gasteiger partial charge on any atom is -0.345 e. The molecule has 0 aliphatic heterocycles. The summed E-state index contributed by atoms with van der Waals surface area (Å²) in [4.78, 5) is 26.8. The Hall–Kier alpha value is -4.18. The van der Waals surface area contributed by atoms with Crippen LogP contribution in [0.4, 0.5) is 16.0 Å². The molecule has 3 aromatic heterocycles. The predicted molar refractivity (Wildman–Crippen MR) is 139 cm³/mol. The number of fused-ring (bicyclic) bond motifs is 1. The molecule has 0 aliphatic rings. The lowest BCUT2D eigenvalue weighted by molar-refractivity contribution is 0.0946. The first-order valence-corrected chi connectivity index (χ1v) is 11.9. The van der Waals surface area contributed by atoms with Crippen molar-refractivity contribution in [2.45, 2.75) is 13.5 Å². The number of rotatable bonds is 6. The van der Waals surface area contributed by atoms with Gasteiger partial charge in [0.2, 0.25) is 5.95 Å². The third kappa shape index (κ3) is 4.94. The molecule has 0 aliphatic carbocycles. The Balaban J connectivity index is 1.53. The van der Waals surface area contributed by atoms with E-state index in [1.165, 1.54) is 12.1 Å². The Labute approximate surface area is 214 Å². The molecule has 0 unspecified atom stereocenters. The van der Waals surface area contributed by atoms with Crippen LogP contribution in [0.25, 0.3) is 22.2 Å². The van der Waals surface area contributed by atoms with Gasteiger partial charge in [-0.2, -0.15) is 10.1 Å². The largest absolute Gasteiger partial charge is 0.345 e. The molecule has 0 saturated carbocycles. The van der Waals surface area contributed by atoms with Gasteiger partial charge in [0.25, 0.3) is 5.91 Å². The first-order valence-electron chi connectivity index (χ1n) is 11.1. The lowest BCUT2D eigenvalue weighted by atomic mass is 10.0. The third-order valence-electron chi connectivity index (χ3n) is 5.64. The van der Waals surface area contributed by atoms with E-state index in [0.717, 1.165) is 21.4 Å². The molecule has 180 valence electrons. The van der Waals surface area contributed by atoms with Gasteiger partial charge in [0.1, 0.15) is 11.5 Å². The van der Waals surface area contributed by atoms with Crippen molar-refractivity contribution in [2.75, 3.05) is 5.32 Å². The molecule has 2 aromatic carbocycles. The second-order valence-corrected chi connectivity index (χ2v) is 9.04. The maximum atomic E-state index is 13.3. The zero-order chi connectivity index (χ0) is 25.2. The number of hydrogen-bond acceptors (Lipinski definition) is 6. The van der Waals surface area contributed by atoms with Gasteiger partial charge < -0.3 is 10.6 Å². The van der Waals surface area contributed by atoms with Crippen molar-refractivity contribution in [3.63, 3.8) is 0 Å². The number of hydrogen-bond donors (Lipinski definition) is 2. The first kappa shape index (κ1) is 23.6. The Bertz CT molecular complexity index is 1560. The average Bonchev–Trinajstić information content (AvgIpc) is 3.20. The fraction of sp³-hybridized carbons (Fsp3) is 0.115. The Kier molecular flexibility index (Phi) is 6.43. The van der Waals surface area contributed by atoms with Crippen LogP contribution >= 0.6 is 15.9 Å². The molecule has 0 saturated heterocycles. The molecular weight excluding hydrogens is 525 g/mol. The van der Waals surface area contributed by atoms with E-state index in [4.69, 9.17) is 0 Å². The Morgan fingerprint density at radius 1 is 1.06 bits per heavy atom. The van der Waals surface area contributed by atoms with E-state index >= 15 is 0 Å². The smallest absolute Gasteiger partial charge is 0.270 e. The Morgan fingerprint density at radius 2 is 1.83 bits per heavy atom. The van der Waals surface area contributed by atoms with Crippen molar-refractivity contribution >= 4 is 44.5 Å². The summed E-state index contributed by atoms with van der Waals surface area (Å²) in [5.41, 5.74) is 4.42. The highest BCUT2D eigenvalue weighted by molar-refractivity contribution is 9.10. The quantitative estimate of drug-likeness (QED) is 0.300. The molecular formula is C26H21BrFN7O. The molecule has 5 aromatic rings. The number of aromatic nitrogens is 5. The predicted octanol–water partition coefficient (Wildman–Crippen LogP) is 5.31. The van der Waals surface area contributed by atoms with E-state index in [1.54, 1.807) is 23.0 Å². The van der Waals surface area contributed by atoms with Gasteiger partial charge in [0.05, 0.1) is 12.2 Å². The zero-order valence-electron chi connectivity index (χ0n) is 19.5. The van der Waals surface area contributed by atoms with E-state index in [1.807, 2.05) is 50.4 Å². The monoisotopic (exact) mass is 545 g/mol. The van der Waals surface area contributed by atoms with Gasteiger partial charge in [-0.05, 0) is 55.0 Å². The molecule has 1 amide bonds. The number of pyridine rings is 1. The van der Waals surface area contributed by atoms with Crippen LogP contribution in [0.1, 0.15) is 21.9 Å². The minimum absolute atomic E-state index is 0.230. The van der Waals surface area contributed by atoms with E-state index in [0.29, 0.717) is 22.3 Å². The van der Waals surface area contributed by atoms with Gasteiger partial charge in [-0.25, -0.2) is 14.4 Å². The van der Waals surface area contributed by atoms with Crippen molar-refractivity contribution in [3.8, 4) is 11.1 Å². The number of halogens is 2. The van der Waals surface area contributed by atoms with Crippen molar-refractivity contribution in [1.29, 1.82) is 0 Å². The lowest BCUT2D eigenvalue weighted by Gasteiger charge is -2.13. The number of nitrogens with zero attached hydrogens (tertiary/aromatic N) is 5. The average molecular weight is 546 g/mol. The highest BCUT2D eigenvalue weighted by Gasteiger charge is 2.19. The topological polar surface area (TPSA) is 97.6 Å². The summed E-state index contributed by atoms with van der Waals surface area (Å²) in [6, 6.07) is 17.3. The molecule has 0 radical (unpaired) electrons. The summed E-state index contributed by atoms with van der Waals surface area (Å²) in [5.74, 6) is -0.402. The summed E-state index contributed by atoms with van der Waals surface area (Å²) < 4.78 is 15.8. The van der Waals surface area contributed by atoms with Crippen molar-refractivity contribution in [3.05, 3.63) is 94.2 Å². The molecule has 3 heterocycles. The molecule has 0 spiro atoms. The van der Waals surface area contributed by atoms with Gasteiger partial charge >= 0.3 is 0 Å². The number of anilines is 2. The van der Waals surface area contributed by atoms with Crippen molar-refractivity contribution < 1.29 is 9.18 Å². The zero-order valence-corrected chi connectivity index (χ0v) is 21.0. The summed E-state index contributed by atoms with van der Waals surface area (Å²) in [6.07, 6.45) is 1.64. The van der Waals surface area contributed by atoms with Gasteiger partial charge in [0, 0.05) is 40.0 Å². The fourth-order valence-electron chi connectivity index (χ4n) is 3.72. The SMILES string of the molecule is Cc1cc(CNC(=O)c2nc3nc(Nc4ccc(F)cc4)ncc3cc2-c2ccccc2Br)nn1C. The highest BCUT2D eigenvalue weighted by Crippen LogP contribution is 2.32. The molecule has 36 heavy (non-hydrogen) atoms. The minimum atomic E-state index is -0.349. The second kappa shape index (κ2) is 9.82. The molecule has 8 nitrogen and oxygen atoms in total. The summed E-state index contributed by atoms with van der Waals surface area (Å²) in [5, 5.41) is 11.0. The number of benzene rings is 2. The van der Waals surface area contributed by atoms with Crippen LogP contribution in [0.15, 0.2) is 71.3 Å². The number of amides is 1. The summed E-state index contributed by atoms with van der Waals surface area (Å²) in [7, 11) is 1.86. The van der Waals surface area contributed by atoms with Crippen molar-refractivity contribution in [2.24, 2.45) is 7.05 Å². The van der Waals surface area contributed by atoms with Crippen LogP contribution in [-0.2, 0) is 13.6 Å². The molecule has 5 rings (SSSR count). The summed E-state index contributed by atoms with van der Waals surface area (Å²) >= 11 is 3.58. The maximum absolute atomic E-state index is 13.3. The van der Waals surface area contributed by atoms with Crippen LogP contribution < -0.4 is 10.6 Å². The number of carbonyl (C=O) groups excluding carboxylic acids is 1. The van der Waals surface area contributed by atoms with E-state index < -0.39 is 0 Å². The molecule has 10 heteroatoms. The van der Waals surface area contributed by atoms with E-state index in [-0.39, 0.29) is 29.9 Å². The maximum Gasteiger partial charge on any atom is 0.270 e. The summed E-state index contributed by atoms with van der Waals surface area (Å²) in [6.45, 7) is 2.21. The third-order valence-corrected chi connectivity index (χ3v) is 6.33. The second-order valence-electron chi connectivity index (χ2n) is 8.19. The van der Waals surface area contributed by atoms with Crippen LogP contribution in [0, 0.1) is 12.7 Å². The van der Waals surface area contributed by atoms with Gasteiger partial charge in [-0.3, -0.25) is 9.48 Å². The number of carbonyl (C=O) groups is 1. The lowest BCUT2D eigenvalue weighted by Crippen LogP contribution is -2.25. The first-order chi connectivity index (χ1) is 17.4. The fourth-order valence-corrected chi connectivity index (χ4v) is 4.22. The normalized spacial score (nSPS) is 11.0. The van der Waals surface area contributed by atoms with Gasteiger partial charge in [0.15, 0.2) is 5.65 Å². The van der Waals surface area contributed by atoms with Crippen molar-refractivity contribution in [1.82, 2.24) is 30.0 Å². The van der Waals surface area contributed by atoms with Gasteiger partial charge in [-0.15, -0.1) is 0 Å². The standard InChI is InChI=1S/C26H21BrFN7O/c1-15-11-19(34-35(15)2)14-29-25(36)23-21(20-5-3-4-6-22(20)27)12-16-13-30-26(33-24(16)32-23)31-18-9-7-17(28)8-10-18/h3-13H,14H2,1-2H3,(H,29,36)(H,30,31,32,33). The highest BCUT2D eigenvalue weighted by atomic mass is 79.9. The van der Waals surface area contributed by atoms with Crippen LogP contribution in [-0.4, -0.2) is 30.6 Å². The van der Waals surface area contributed by atoms with E-state index in [2.05, 4.69) is 46.6 Å². The molecule has 0 atom stereocenters. The molecule has 2 N–H and O–H groups in total. The molecule has 0 bridgehead atoms. The number of aryl methyl sites for hydroxylation is 2. The number of nitrogens with one attached hydrogen (secondary N) is 2. The van der Waals surface area contributed by atoms with Crippen LogP contribution in [0.5, 0.6) is 0 Å². The van der Waals surface area contributed by atoms with Crippen LogP contribution in [0.2, 0.25) is 0 Å². The molecule has 0 fully saturated rings. The van der Waals surface area contributed by atoms with E-state index in [9.17, 15) is 9.18 Å². The van der Waals surface area contributed by atoms with Crippen LogP contribution in [0.3, 0.4) is 0 Å².